The van der Waals surface area contributed by atoms with Crippen LogP contribution in [-0.2, 0) is 0 Å². The Bertz CT molecular complexity index is 408. The lowest BCUT2D eigenvalue weighted by Gasteiger charge is -2.35. The van der Waals surface area contributed by atoms with Crippen LogP contribution in [0.25, 0.3) is 0 Å². The number of piperazine rings is 1. The van der Waals surface area contributed by atoms with Crippen molar-refractivity contribution in [3.8, 4) is 0 Å². The van der Waals surface area contributed by atoms with Gasteiger partial charge in [-0.25, -0.2) is 0 Å². The van der Waals surface area contributed by atoms with Crippen molar-refractivity contribution in [1.29, 1.82) is 0 Å². The van der Waals surface area contributed by atoms with Crippen LogP contribution in [0.1, 0.15) is 22.7 Å². The first-order valence-corrected chi connectivity index (χ1v) is 7.25. The summed E-state index contributed by atoms with van der Waals surface area (Å²) in [6.07, 6.45) is 0. The summed E-state index contributed by atoms with van der Waals surface area (Å²) >= 11 is 0. The highest BCUT2D eigenvalue weighted by Gasteiger charge is 2.19. The van der Waals surface area contributed by atoms with Crippen LogP contribution in [0.3, 0.4) is 0 Å². The fourth-order valence-electron chi connectivity index (χ4n) is 2.77. The third-order valence-electron chi connectivity index (χ3n) is 4.20. The number of hydrogen-bond donors (Lipinski definition) is 1. The molecule has 0 radical (unpaired) electrons. The highest BCUT2D eigenvalue weighted by molar-refractivity contribution is 5.33. The van der Waals surface area contributed by atoms with Crippen molar-refractivity contribution in [2.75, 3.05) is 46.8 Å². The second-order valence-corrected chi connectivity index (χ2v) is 5.81. The molecule has 1 heterocycles. The molecule has 19 heavy (non-hydrogen) atoms. The molecule has 0 spiro atoms. The van der Waals surface area contributed by atoms with Gasteiger partial charge >= 0.3 is 0 Å². The van der Waals surface area contributed by atoms with E-state index in [1.165, 1.54) is 42.9 Å². The SMILES string of the molecule is CNC(CN1CCN(C)CC1)c1cc(C)ccc1C. The first kappa shape index (κ1) is 14.5. The molecule has 3 heteroatoms. The van der Waals surface area contributed by atoms with E-state index in [-0.39, 0.29) is 0 Å². The Morgan fingerprint density at radius 1 is 1.16 bits per heavy atom. The summed E-state index contributed by atoms with van der Waals surface area (Å²) in [4.78, 5) is 4.98. The van der Waals surface area contributed by atoms with Crippen LogP contribution in [0.2, 0.25) is 0 Å². The number of aryl methyl sites for hydroxylation is 2. The highest BCUT2D eigenvalue weighted by Crippen LogP contribution is 2.20. The van der Waals surface area contributed by atoms with E-state index in [1.807, 2.05) is 0 Å². The second kappa shape index (κ2) is 6.51. The molecule has 1 atom stereocenters. The molecular weight excluding hydrogens is 234 g/mol. The third kappa shape index (κ3) is 3.78. The van der Waals surface area contributed by atoms with Crippen molar-refractivity contribution in [3.05, 3.63) is 34.9 Å². The molecule has 1 N–H and O–H groups in total. The van der Waals surface area contributed by atoms with Crippen LogP contribution in [0, 0.1) is 13.8 Å². The summed E-state index contributed by atoms with van der Waals surface area (Å²) in [7, 11) is 4.28. The van der Waals surface area contributed by atoms with E-state index < -0.39 is 0 Å². The average molecular weight is 261 g/mol. The van der Waals surface area contributed by atoms with Crippen LogP contribution in [-0.4, -0.2) is 56.6 Å². The van der Waals surface area contributed by atoms with Gasteiger partial charge in [-0.05, 0) is 39.1 Å². The zero-order valence-corrected chi connectivity index (χ0v) is 12.7. The predicted octanol–water partition coefficient (Wildman–Crippen LogP) is 1.81. The van der Waals surface area contributed by atoms with Crippen molar-refractivity contribution in [3.63, 3.8) is 0 Å². The molecule has 0 saturated carbocycles. The molecule has 0 aliphatic carbocycles. The van der Waals surface area contributed by atoms with E-state index in [0.29, 0.717) is 6.04 Å². The lowest BCUT2D eigenvalue weighted by atomic mass is 9.98. The Kier molecular flexibility index (Phi) is 4.97. The molecule has 3 nitrogen and oxygen atoms in total. The Balaban J connectivity index is 2.05. The van der Waals surface area contributed by atoms with Crippen LogP contribution >= 0.6 is 0 Å². The number of nitrogens with zero attached hydrogens (tertiary/aromatic N) is 2. The monoisotopic (exact) mass is 261 g/mol. The lowest BCUT2D eigenvalue weighted by Crippen LogP contribution is -2.47. The molecule has 1 aliphatic rings. The minimum absolute atomic E-state index is 0.434. The molecule has 1 aliphatic heterocycles. The number of likely N-dealkylation sites (N-methyl/N-ethyl adjacent to an activating group) is 2. The molecule has 106 valence electrons. The largest absolute Gasteiger partial charge is 0.312 e. The highest BCUT2D eigenvalue weighted by atomic mass is 15.3. The lowest BCUT2D eigenvalue weighted by molar-refractivity contribution is 0.143. The Labute approximate surface area is 117 Å². The maximum Gasteiger partial charge on any atom is 0.0449 e. The van der Waals surface area contributed by atoms with Gasteiger partial charge in [0.2, 0.25) is 0 Å². The summed E-state index contributed by atoms with van der Waals surface area (Å²) in [5, 5.41) is 3.49. The van der Waals surface area contributed by atoms with Crippen LogP contribution in [0.4, 0.5) is 0 Å². The maximum atomic E-state index is 3.49. The van der Waals surface area contributed by atoms with E-state index in [0.717, 1.165) is 6.54 Å². The standard InChI is InChI=1S/C16H27N3/c1-13-5-6-14(2)15(11-13)16(17-3)12-19-9-7-18(4)8-10-19/h5-6,11,16-17H,7-10,12H2,1-4H3. The minimum atomic E-state index is 0.434. The van der Waals surface area contributed by atoms with Gasteiger partial charge in [-0.15, -0.1) is 0 Å². The minimum Gasteiger partial charge on any atom is -0.312 e. The van der Waals surface area contributed by atoms with Gasteiger partial charge in [0.05, 0.1) is 0 Å². The Morgan fingerprint density at radius 3 is 2.47 bits per heavy atom. The van der Waals surface area contributed by atoms with E-state index >= 15 is 0 Å². The number of hydrogen-bond acceptors (Lipinski definition) is 3. The number of benzene rings is 1. The zero-order valence-electron chi connectivity index (χ0n) is 12.7. The molecule has 0 aromatic heterocycles. The fourth-order valence-corrected chi connectivity index (χ4v) is 2.77. The zero-order chi connectivity index (χ0) is 13.8. The number of rotatable bonds is 4. The van der Waals surface area contributed by atoms with Gasteiger partial charge in [-0.1, -0.05) is 23.8 Å². The molecule has 1 fully saturated rings. The van der Waals surface area contributed by atoms with E-state index in [4.69, 9.17) is 0 Å². The van der Waals surface area contributed by atoms with Gasteiger partial charge in [0.25, 0.3) is 0 Å². The molecular formula is C16H27N3. The average Bonchev–Trinajstić information content (AvgIpc) is 2.41. The van der Waals surface area contributed by atoms with Gasteiger partial charge < -0.3 is 10.2 Å². The normalized spacial score (nSPS) is 19.6. The van der Waals surface area contributed by atoms with E-state index in [9.17, 15) is 0 Å². The van der Waals surface area contributed by atoms with Crippen LogP contribution in [0.5, 0.6) is 0 Å². The maximum absolute atomic E-state index is 3.49. The summed E-state index contributed by atoms with van der Waals surface area (Å²) in [6, 6.07) is 7.19. The van der Waals surface area contributed by atoms with Gasteiger partial charge in [0.1, 0.15) is 0 Å². The first-order valence-electron chi connectivity index (χ1n) is 7.25. The van der Waals surface area contributed by atoms with E-state index in [1.54, 1.807) is 0 Å². The van der Waals surface area contributed by atoms with Crippen LogP contribution < -0.4 is 5.32 Å². The molecule has 1 aromatic rings. The van der Waals surface area contributed by atoms with Crippen molar-refractivity contribution in [2.24, 2.45) is 0 Å². The van der Waals surface area contributed by atoms with Crippen molar-refractivity contribution < 1.29 is 0 Å². The fraction of sp³-hybridized carbons (Fsp3) is 0.625. The van der Waals surface area contributed by atoms with Crippen molar-refractivity contribution in [1.82, 2.24) is 15.1 Å². The molecule has 0 amide bonds. The van der Waals surface area contributed by atoms with Gasteiger partial charge in [-0.2, -0.15) is 0 Å². The Hall–Kier alpha value is -0.900. The summed E-state index contributed by atoms with van der Waals surface area (Å²) in [6.45, 7) is 10.2. The van der Waals surface area contributed by atoms with Crippen LogP contribution in [0.15, 0.2) is 18.2 Å². The number of nitrogens with one attached hydrogen (secondary N) is 1. The molecule has 1 aromatic carbocycles. The van der Waals surface area contributed by atoms with Gasteiger partial charge in [0, 0.05) is 38.8 Å². The second-order valence-electron chi connectivity index (χ2n) is 5.81. The summed E-state index contributed by atoms with van der Waals surface area (Å²) < 4.78 is 0. The molecule has 1 saturated heterocycles. The first-order chi connectivity index (χ1) is 9.10. The molecule has 2 rings (SSSR count). The van der Waals surface area contributed by atoms with Gasteiger partial charge in [0.15, 0.2) is 0 Å². The molecule has 1 unspecified atom stereocenters. The Morgan fingerprint density at radius 2 is 1.84 bits per heavy atom. The third-order valence-corrected chi connectivity index (χ3v) is 4.20. The van der Waals surface area contributed by atoms with E-state index in [2.05, 4.69) is 61.3 Å². The predicted molar refractivity (Wildman–Crippen MR) is 81.7 cm³/mol. The summed E-state index contributed by atoms with van der Waals surface area (Å²) in [5.41, 5.74) is 4.18. The van der Waals surface area contributed by atoms with Crippen molar-refractivity contribution in [2.45, 2.75) is 19.9 Å². The quantitative estimate of drug-likeness (QED) is 0.892. The summed E-state index contributed by atoms with van der Waals surface area (Å²) in [5.74, 6) is 0. The smallest absolute Gasteiger partial charge is 0.0449 e. The van der Waals surface area contributed by atoms with Crippen molar-refractivity contribution >= 4 is 0 Å². The topological polar surface area (TPSA) is 18.5 Å². The van der Waals surface area contributed by atoms with Gasteiger partial charge in [-0.3, -0.25) is 4.90 Å². The molecule has 0 bridgehead atoms.